The molecule has 0 spiro atoms. The number of hydrazine groups is 2. The van der Waals surface area contributed by atoms with Gasteiger partial charge in [0.05, 0.1) is 21.0 Å². The van der Waals surface area contributed by atoms with E-state index in [1.165, 1.54) is 55.5 Å². The first-order valence-corrected chi connectivity index (χ1v) is 13.6. The van der Waals surface area contributed by atoms with Crippen molar-refractivity contribution in [2.24, 2.45) is 11.5 Å². The fourth-order valence-electron chi connectivity index (χ4n) is 2.54. The number of allylic oxidation sites excluding steroid dienone is 1. The quantitative estimate of drug-likeness (QED) is 0.171. The van der Waals surface area contributed by atoms with Gasteiger partial charge in [0.25, 0.3) is 0 Å². The normalized spacial score (nSPS) is 11.7. The molecule has 0 unspecified atom stereocenters. The van der Waals surface area contributed by atoms with Gasteiger partial charge in [0.15, 0.2) is 20.1 Å². The maximum Gasteiger partial charge on any atom is 0.201 e. The molecule has 0 saturated carbocycles. The molecule has 2 aromatic carbocycles. The highest BCUT2D eigenvalue weighted by atomic mass is 32.2. The van der Waals surface area contributed by atoms with E-state index in [2.05, 4.69) is 52.7 Å². The summed E-state index contributed by atoms with van der Waals surface area (Å²) in [7, 11) is -7.42. The summed E-state index contributed by atoms with van der Waals surface area (Å²) in [6, 6.07) is 11.5. The van der Waals surface area contributed by atoms with Crippen LogP contribution in [0.25, 0.3) is 0 Å². The van der Waals surface area contributed by atoms with Crippen molar-refractivity contribution >= 4 is 54.3 Å². The highest BCUT2D eigenvalue weighted by Gasteiger charge is 2.17. The van der Waals surface area contributed by atoms with Crippen molar-refractivity contribution in [2.75, 3.05) is 5.75 Å². The Hall–Kier alpha value is -3.40. The van der Waals surface area contributed by atoms with E-state index in [9.17, 15) is 16.8 Å². The minimum absolute atomic E-state index is 0.0327. The third-order valence-electron chi connectivity index (χ3n) is 4.01. The SMILES string of the molecule is C=C(CS(=O)(=O)c1ccc(Oc2ccc(S(=O)(=O)C=C(C)NNC(N)=S)cc2)cc1)NNC(N)=S. The lowest BCUT2D eigenvalue weighted by Crippen LogP contribution is -2.41. The Morgan fingerprint density at radius 1 is 0.857 bits per heavy atom. The monoisotopic (exact) mass is 556 g/mol. The highest BCUT2D eigenvalue weighted by Crippen LogP contribution is 2.25. The summed E-state index contributed by atoms with van der Waals surface area (Å²) >= 11 is 9.27. The Morgan fingerprint density at radius 3 is 1.80 bits per heavy atom. The summed E-state index contributed by atoms with van der Waals surface area (Å²) in [6.45, 7) is 5.14. The molecular weight excluding hydrogens is 533 g/mol. The third-order valence-corrected chi connectivity index (χ3v) is 7.53. The molecule has 0 aliphatic carbocycles. The van der Waals surface area contributed by atoms with E-state index in [1.807, 2.05) is 0 Å². The van der Waals surface area contributed by atoms with Gasteiger partial charge in [-0.1, -0.05) is 6.58 Å². The third kappa shape index (κ3) is 9.05. The minimum atomic E-state index is -3.74. The fourth-order valence-corrected chi connectivity index (χ4v) is 5.06. The van der Waals surface area contributed by atoms with Gasteiger partial charge in [0, 0.05) is 11.4 Å². The predicted octanol–water partition coefficient (Wildman–Crippen LogP) is 1.08. The van der Waals surface area contributed by atoms with Crippen molar-refractivity contribution in [1.82, 2.24) is 21.7 Å². The van der Waals surface area contributed by atoms with E-state index in [0.29, 0.717) is 11.5 Å². The van der Waals surface area contributed by atoms with Crippen LogP contribution in [0.3, 0.4) is 0 Å². The van der Waals surface area contributed by atoms with Crippen LogP contribution in [0.2, 0.25) is 0 Å². The maximum absolute atomic E-state index is 12.5. The van der Waals surface area contributed by atoms with Crippen molar-refractivity contribution < 1.29 is 21.6 Å². The zero-order valence-corrected chi connectivity index (χ0v) is 21.7. The van der Waals surface area contributed by atoms with Crippen molar-refractivity contribution in [3.05, 3.63) is 71.9 Å². The number of ether oxygens (including phenoxy) is 1. The summed E-state index contributed by atoms with van der Waals surface area (Å²) in [5, 5.41) is 0.941. The van der Waals surface area contributed by atoms with Crippen molar-refractivity contribution in [3.8, 4) is 11.5 Å². The summed E-state index contributed by atoms with van der Waals surface area (Å²) < 4.78 is 55.7. The molecule has 0 heterocycles. The van der Waals surface area contributed by atoms with Gasteiger partial charge in [-0.15, -0.1) is 0 Å². The number of thiocarbonyl (C=S) groups is 2. The number of sulfone groups is 2. The lowest BCUT2D eigenvalue weighted by Gasteiger charge is -2.12. The van der Waals surface area contributed by atoms with Crippen LogP contribution in [0.15, 0.2) is 81.7 Å². The van der Waals surface area contributed by atoms with Gasteiger partial charge in [0.1, 0.15) is 11.5 Å². The summed E-state index contributed by atoms with van der Waals surface area (Å²) in [6.07, 6.45) is 0. The van der Waals surface area contributed by atoms with E-state index in [0.717, 1.165) is 5.41 Å². The summed E-state index contributed by atoms with van der Waals surface area (Å²) in [4.78, 5) is 0.103. The molecule has 0 aliphatic heterocycles. The maximum atomic E-state index is 12.5. The van der Waals surface area contributed by atoms with Crippen LogP contribution in [-0.4, -0.2) is 32.8 Å². The van der Waals surface area contributed by atoms with E-state index in [1.54, 1.807) is 0 Å². The van der Waals surface area contributed by atoms with Crippen LogP contribution in [0, 0.1) is 0 Å². The second-order valence-electron chi connectivity index (χ2n) is 6.98. The lowest BCUT2D eigenvalue weighted by molar-refractivity contribution is 0.481. The number of benzene rings is 2. The second kappa shape index (κ2) is 11.8. The number of hydrogen-bond acceptors (Lipinski definition) is 9. The standard InChI is InChI=1S/C20H24N6O5S4/c1-13(23-25-19(21)32)11-34(27,28)17-7-3-15(4-8-17)31-16-5-9-18(10-6-16)35(29,30)12-14(2)24-26-20(22)33/h3-10,12,23-24H,1,11H2,2H3,(H3,21,25,32)(H3,22,26,33). The van der Waals surface area contributed by atoms with Crippen molar-refractivity contribution in [3.63, 3.8) is 0 Å². The van der Waals surface area contributed by atoms with Crippen LogP contribution in [0.4, 0.5) is 0 Å². The van der Waals surface area contributed by atoms with Crippen LogP contribution < -0.4 is 37.9 Å². The second-order valence-corrected chi connectivity index (χ2v) is 11.6. The van der Waals surface area contributed by atoms with E-state index >= 15 is 0 Å². The van der Waals surface area contributed by atoms with Gasteiger partial charge in [-0.05, 0) is 79.9 Å². The molecule has 0 aliphatic rings. The molecule has 0 fully saturated rings. The topological polar surface area (TPSA) is 178 Å². The Bertz CT molecular complexity index is 1340. The predicted molar refractivity (Wildman–Crippen MR) is 141 cm³/mol. The molecule has 35 heavy (non-hydrogen) atoms. The lowest BCUT2D eigenvalue weighted by atomic mass is 10.3. The molecule has 0 saturated heterocycles. The van der Waals surface area contributed by atoms with Crippen LogP contribution >= 0.6 is 24.4 Å². The molecule has 0 radical (unpaired) electrons. The minimum Gasteiger partial charge on any atom is -0.457 e. The van der Waals surface area contributed by atoms with Crippen LogP contribution in [0.1, 0.15) is 6.92 Å². The number of rotatable bonds is 11. The number of nitrogens with two attached hydrogens (primary N) is 2. The first-order valence-electron chi connectivity index (χ1n) is 9.63. The molecule has 2 rings (SSSR count). The Kier molecular flexibility index (Phi) is 9.41. The first kappa shape index (κ1) is 27.8. The first-order chi connectivity index (χ1) is 16.3. The summed E-state index contributed by atoms with van der Waals surface area (Å²) in [5.41, 5.74) is 20.9. The van der Waals surface area contributed by atoms with E-state index in [-0.39, 0.29) is 37.2 Å². The average molecular weight is 557 g/mol. The molecule has 0 bridgehead atoms. The van der Waals surface area contributed by atoms with Crippen LogP contribution in [0.5, 0.6) is 11.5 Å². The number of nitrogens with one attached hydrogen (secondary N) is 4. The van der Waals surface area contributed by atoms with Gasteiger partial charge in [0.2, 0.25) is 9.84 Å². The Labute approximate surface area is 214 Å². The largest absolute Gasteiger partial charge is 0.457 e. The highest BCUT2D eigenvalue weighted by molar-refractivity contribution is 7.94. The zero-order valence-electron chi connectivity index (χ0n) is 18.4. The molecule has 15 heteroatoms. The van der Waals surface area contributed by atoms with Gasteiger partial charge < -0.3 is 27.1 Å². The smallest absolute Gasteiger partial charge is 0.201 e. The molecule has 0 amide bonds. The molecular formula is C20H24N6O5S4. The van der Waals surface area contributed by atoms with Crippen molar-refractivity contribution in [2.45, 2.75) is 16.7 Å². The molecule has 11 nitrogen and oxygen atoms in total. The Morgan fingerprint density at radius 2 is 1.31 bits per heavy atom. The number of hydrogen-bond donors (Lipinski definition) is 6. The van der Waals surface area contributed by atoms with E-state index < -0.39 is 19.7 Å². The summed E-state index contributed by atoms with van der Waals surface area (Å²) in [5.74, 6) is 0.335. The fraction of sp³-hybridized carbons (Fsp3) is 0.100. The molecule has 188 valence electrons. The van der Waals surface area contributed by atoms with Gasteiger partial charge in [-0.2, -0.15) is 0 Å². The van der Waals surface area contributed by atoms with Gasteiger partial charge in [-0.25, -0.2) is 16.8 Å². The molecule has 0 aromatic heterocycles. The average Bonchev–Trinajstić information content (AvgIpc) is 2.76. The van der Waals surface area contributed by atoms with Gasteiger partial charge >= 0.3 is 0 Å². The zero-order chi connectivity index (χ0) is 26.2. The van der Waals surface area contributed by atoms with Crippen molar-refractivity contribution in [1.29, 1.82) is 0 Å². The Balaban J connectivity index is 2.05. The molecule has 2 aromatic rings. The molecule has 8 N–H and O–H groups in total. The van der Waals surface area contributed by atoms with Gasteiger partial charge in [-0.3, -0.25) is 10.9 Å². The molecule has 0 atom stereocenters. The van der Waals surface area contributed by atoms with Crippen LogP contribution in [-0.2, 0) is 19.7 Å². The van der Waals surface area contributed by atoms with E-state index in [4.69, 9.17) is 16.2 Å².